The van der Waals surface area contributed by atoms with E-state index in [0.29, 0.717) is 48.2 Å². The fourth-order valence-corrected chi connectivity index (χ4v) is 3.95. The molecule has 1 saturated heterocycles. The number of carbonyl (C=O) groups is 1. The van der Waals surface area contributed by atoms with Crippen molar-refractivity contribution in [1.82, 2.24) is 4.90 Å². The van der Waals surface area contributed by atoms with E-state index < -0.39 is 0 Å². The van der Waals surface area contributed by atoms with Gasteiger partial charge in [0.25, 0.3) is 5.69 Å². The van der Waals surface area contributed by atoms with Crippen LogP contribution in [-0.4, -0.2) is 35.9 Å². The molecule has 8 heteroatoms. The van der Waals surface area contributed by atoms with Crippen molar-refractivity contribution in [3.63, 3.8) is 0 Å². The molecule has 28 heavy (non-hydrogen) atoms. The molecular weight excluding hydrogens is 401 g/mol. The number of hydrogen-bond acceptors (Lipinski definition) is 4. The first-order valence-corrected chi connectivity index (χ1v) is 9.80. The van der Waals surface area contributed by atoms with Gasteiger partial charge in [-0.2, -0.15) is 0 Å². The molecule has 0 aromatic heterocycles. The molecule has 1 aliphatic heterocycles. The predicted molar refractivity (Wildman–Crippen MR) is 111 cm³/mol. The zero-order valence-electron chi connectivity index (χ0n) is 15.5. The maximum Gasteiger partial charge on any atom is 0.292 e. The second-order valence-electron chi connectivity index (χ2n) is 6.91. The number of nitrogens with zero attached hydrogens (tertiary/aromatic N) is 3. The molecule has 1 aliphatic rings. The monoisotopic (exact) mass is 421 g/mol. The van der Waals surface area contributed by atoms with Crippen LogP contribution in [0.2, 0.25) is 10.0 Å². The SMILES string of the molecule is CN(Cc1cccc(Cl)c1Cl)C(=O)C1CCN(c2ccccc2[N+](=O)[O-])CC1. The Balaban J connectivity index is 1.62. The van der Waals surface area contributed by atoms with Crippen molar-refractivity contribution in [2.75, 3.05) is 25.0 Å². The topological polar surface area (TPSA) is 66.7 Å². The Morgan fingerprint density at radius 1 is 1.18 bits per heavy atom. The Kier molecular flexibility index (Phi) is 6.42. The highest BCUT2D eigenvalue weighted by molar-refractivity contribution is 6.42. The van der Waals surface area contributed by atoms with Gasteiger partial charge in [0.05, 0.1) is 15.0 Å². The molecule has 0 atom stereocenters. The Labute approximate surface area is 173 Å². The summed E-state index contributed by atoms with van der Waals surface area (Å²) in [6, 6.07) is 12.1. The Bertz CT molecular complexity index is 883. The summed E-state index contributed by atoms with van der Waals surface area (Å²) in [5, 5.41) is 12.2. The molecule has 1 fully saturated rings. The molecule has 6 nitrogen and oxygen atoms in total. The lowest BCUT2D eigenvalue weighted by molar-refractivity contribution is -0.384. The van der Waals surface area contributed by atoms with Crippen molar-refractivity contribution in [2.24, 2.45) is 5.92 Å². The van der Waals surface area contributed by atoms with Gasteiger partial charge in [-0.05, 0) is 30.5 Å². The van der Waals surface area contributed by atoms with Crippen molar-refractivity contribution in [3.8, 4) is 0 Å². The molecule has 0 radical (unpaired) electrons. The Hall–Kier alpha value is -2.31. The molecule has 2 aromatic rings. The van der Waals surface area contributed by atoms with Crippen LogP contribution in [0.15, 0.2) is 42.5 Å². The van der Waals surface area contributed by atoms with Crippen molar-refractivity contribution < 1.29 is 9.72 Å². The number of halogens is 2. The van der Waals surface area contributed by atoms with Gasteiger partial charge in [-0.25, -0.2) is 0 Å². The van der Waals surface area contributed by atoms with Crippen LogP contribution in [0.3, 0.4) is 0 Å². The standard InChI is InChI=1S/C20H21Cl2N3O3/c1-23(13-15-5-4-6-16(21)19(15)22)20(26)14-9-11-24(12-10-14)17-7-2-3-8-18(17)25(27)28/h2-8,14H,9-13H2,1H3. The molecule has 148 valence electrons. The third-order valence-corrected chi connectivity index (χ3v) is 5.94. The van der Waals surface area contributed by atoms with Crippen LogP contribution in [0.1, 0.15) is 18.4 Å². The van der Waals surface area contributed by atoms with E-state index in [1.165, 1.54) is 6.07 Å². The minimum Gasteiger partial charge on any atom is -0.366 e. The van der Waals surface area contributed by atoms with E-state index in [2.05, 4.69) is 0 Å². The zero-order chi connectivity index (χ0) is 20.3. The first-order valence-electron chi connectivity index (χ1n) is 9.04. The molecular formula is C20H21Cl2N3O3. The Morgan fingerprint density at radius 2 is 1.86 bits per heavy atom. The Morgan fingerprint density at radius 3 is 2.54 bits per heavy atom. The van der Waals surface area contributed by atoms with Gasteiger partial charge >= 0.3 is 0 Å². The summed E-state index contributed by atoms with van der Waals surface area (Å²) in [5.41, 5.74) is 1.51. The van der Waals surface area contributed by atoms with Crippen molar-refractivity contribution in [1.29, 1.82) is 0 Å². The van der Waals surface area contributed by atoms with E-state index in [0.717, 1.165) is 5.56 Å². The summed E-state index contributed by atoms with van der Waals surface area (Å²) in [6.45, 7) is 1.60. The van der Waals surface area contributed by atoms with Crippen molar-refractivity contribution >= 4 is 40.5 Å². The number of amides is 1. The van der Waals surface area contributed by atoms with Gasteiger partial charge in [0.1, 0.15) is 5.69 Å². The van der Waals surface area contributed by atoms with Crippen LogP contribution in [0.4, 0.5) is 11.4 Å². The molecule has 1 heterocycles. The molecule has 1 amide bonds. The second kappa shape index (κ2) is 8.80. The summed E-state index contributed by atoms with van der Waals surface area (Å²) in [4.78, 5) is 27.4. The highest BCUT2D eigenvalue weighted by Gasteiger charge is 2.29. The number of rotatable bonds is 5. The van der Waals surface area contributed by atoms with Crippen LogP contribution in [0.5, 0.6) is 0 Å². The summed E-state index contributed by atoms with van der Waals surface area (Å²) in [5.74, 6) is -0.0553. The maximum absolute atomic E-state index is 12.8. The smallest absolute Gasteiger partial charge is 0.292 e. The number of benzene rings is 2. The van der Waals surface area contributed by atoms with Gasteiger partial charge in [-0.15, -0.1) is 0 Å². The molecule has 0 unspecified atom stereocenters. The van der Waals surface area contributed by atoms with Crippen LogP contribution >= 0.6 is 23.2 Å². The van der Waals surface area contributed by atoms with E-state index >= 15 is 0 Å². The average molecular weight is 422 g/mol. The maximum atomic E-state index is 12.8. The first kappa shape index (κ1) is 20.4. The van der Waals surface area contributed by atoms with Crippen LogP contribution in [-0.2, 0) is 11.3 Å². The lowest BCUT2D eigenvalue weighted by Gasteiger charge is -2.34. The van der Waals surface area contributed by atoms with E-state index in [1.54, 1.807) is 36.2 Å². The van der Waals surface area contributed by atoms with Crippen LogP contribution < -0.4 is 4.90 Å². The molecule has 0 saturated carbocycles. The molecule has 0 N–H and O–H groups in total. The van der Waals surface area contributed by atoms with E-state index in [4.69, 9.17) is 23.2 Å². The zero-order valence-corrected chi connectivity index (χ0v) is 17.0. The number of para-hydroxylation sites is 2. The lowest BCUT2D eigenvalue weighted by Crippen LogP contribution is -2.41. The minimum atomic E-state index is -0.366. The highest BCUT2D eigenvalue weighted by atomic mass is 35.5. The molecule has 0 spiro atoms. The molecule has 3 rings (SSSR count). The van der Waals surface area contributed by atoms with Crippen molar-refractivity contribution in [2.45, 2.75) is 19.4 Å². The summed E-state index contributed by atoms with van der Waals surface area (Å²) < 4.78 is 0. The minimum absolute atomic E-state index is 0.0539. The quantitative estimate of drug-likeness (QED) is 0.514. The number of nitro groups is 1. The largest absolute Gasteiger partial charge is 0.366 e. The van der Waals surface area contributed by atoms with Gasteiger partial charge < -0.3 is 9.80 Å². The predicted octanol–water partition coefficient (Wildman–Crippen LogP) is 4.78. The summed E-state index contributed by atoms with van der Waals surface area (Å²) >= 11 is 12.3. The number of nitro benzene ring substituents is 1. The molecule has 2 aromatic carbocycles. The van der Waals surface area contributed by atoms with Gasteiger partial charge in [-0.3, -0.25) is 14.9 Å². The second-order valence-corrected chi connectivity index (χ2v) is 7.70. The highest BCUT2D eigenvalue weighted by Crippen LogP contribution is 2.32. The first-order chi connectivity index (χ1) is 13.4. The average Bonchev–Trinajstić information content (AvgIpc) is 2.71. The van der Waals surface area contributed by atoms with Gasteiger partial charge in [-0.1, -0.05) is 47.5 Å². The summed E-state index contributed by atoms with van der Waals surface area (Å²) in [6.07, 6.45) is 1.30. The number of hydrogen-bond donors (Lipinski definition) is 0. The fraction of sp³-hybridized carbons (Fsp3) is 0.350. The van der Waals surface area contributed by atoms with E-state index in [9.17, 15) is 14.9 Å². The van der Waals surface area contributed by atoms with Crippen LogP contribution in [0, 0.1) is 16.0 Å². The van der Waals surface area contributed by atoms with Gasteiger partial charge in [0, 0.05) is 38.7 Å². The molecule has 0 bridgehead atoms. The third-order valence-electron chi connectivity index (χ3n) is 5.08. The lowest BCUT2D eigenvalue weighted by atomic mass is 9.94. The van der Waals surface area contributed by atoms with Crippen molar-refractivity contribution in [3.05, 3.63) is 68.2 Å². The third kappa shape index (κ3) is 4.39. The molecule has 0 aliphatic carbocycles. The van der Waals surface area contributed by atoms with E-state index in [1.807, 2.05) is 17.0 Å². The number of piperidine rings is 1. The number of anilines is 1. The van der Waals surface area contributed by atoms with Gasteiger partial charge in [0.2, 0.25) is 5.91 Å². The number of carbonyl (C=O) groups excluding carboxylic acids is 1. The van der Waals surface area contributed by atoms with Gasteiger partial charge in [0.15, 0.2) is 0 Å². The summed E-state index contributed by atoms with van der Waals surface area (Å²) in [7, 11) is 1.76. The van der Waals surface area contributed by atoms with Crippen LogP contribution in [0.25, 0.3) is 0 Å². The normalized spacial score (nSPS) is 14.8. The fourth-order valence-electron chi connectivity index (χ4n) is 3.57. The van der Waals surface area contributed by atoms with E-state index in [-0.39, 0.29) is 22.4 Å².